The minimum Gasteiger partial charge on any atom is -0.369 e. The van der Waals surface area contributed by atoms with E-state index in [9.17, 15) is 8.78 Å². The molecular weight excluding hydrogens is 260 g/mol. The molecule has 1 aromatic rings. The Balaban J connectivity index is 2.14. The first-order valence-corrected chi connectivity index (χ1v) is 7.20. The summed E-state index contributed by atoms with van der Waals surface area (Å²) in [4.78, 5) is 4.24. The number of hydrogen-bond acceptors (Lipinski definition) is 3. The Bertz CT molecular complexity index is 457. The molecule has 1 aliphatic rings. The van der Waals surface area contributed by atoms with Crippen molar-refractivity contribution in [2.75, 3.05) is 31.6 Å². The lowest BCUT2D eigenvalue weighted by molar-refractivity contribution is 0.220. The van der Waals surface area contributed by atoms with Crippen molar-refractivity contribution in [3.63, 3.8) is 0 Å². The van der Waals surface area contributed by atoms with Crippen molar-refractivity contribution in [2.45, 2.75) is 32.4 Å². The SMILES string of the molecule is CCN1CCC(N(C)c2ccc(CN)c(F)c2F)CC1. The van der Waals surface area contributed by atoms with E-state index in [0.717, 1.165) is 32.5 Å². The lowest BCUT2D eigenvalue weighted by atomic mass is 10.0. The number of benzene rings is 1. The summed E-state index contributed by atoms with van der Waals surface area (Å²) in [6, 6.07) is 3.47. The normalized spacial score (nSPS) is 17.4. The minimum absolute atomic E-state index is 0.0155. The molecule has 2 N–H and O–H groups in total. The van der Waals surface area contributed by atoms with Gasteiger partial charge in [0, 0.05) is 38.3 Å². The molecule has 1 fully saturated rings. The zero-order chi connectivity index (χ0) is 14.7. The zero-order valence-corrected chi connectivity index (χ0v) is 12.2. The molecule has 0 aliphatic carbocycles. The van der Waals surface area contributed by atoms with E-state index in [1.807, 2.05) is 11.9 Å². The molecule has 0 saturated carbocycles. The fraction of sp³-hybridized carbons (Fsp3) is 0.600. The number of nitrogens with two attached hydrogens (primary N) is 1. The van der Waals surface area contributed by atoms with E-state index in [4.69, 9.17) is 5.73 Å². The molecule has 112 valence electrons. The quantitative estimate of drug-likeness (QED) is 0.920. The number of piperidine rings is 1. The highest BCUT2D eigenvalue weighted by Crippen LogP contribution is 2.27. The molecule has 1 aromatic carbocycles. The fourth-order valence-electron chi connectivity index (χ4n) is 2.83. The van der Waals surface area contributed by atoms with Crippen molar-refractivity contribution in [1.82, 2.24) is 4.90 Å². The summed E-state index contributed by atoms with van der Waals surface area (Å²) < 4.78 is 27.9. The Labute approximate surface area is 119 Å². The number of nitrogens with zero attached hydrogens (tertiary/aromatic N) is 2. The smallest absolute Gasteiger partial charge is 0.182 e. The van der Waals surface area contributed by atoms with Crippen LogP contribution in [0.1, 0.15) is 25.3 Å². The standard InChI is InChI=1S/C15H23F2N3/c1-3-20-8-6-12(7-9-20)19(2)13-5-4-11(10-18)14(16)15(13)17/h4-5,12H,3,6-10,18H2,1-2H3. The predicted molar refractivity (Wildman–Crippen MR) is 77.8 cm³/mol. The van der Waals surface area contributed by atoms with Crippen LogP contribution in [0.5, 0.6) is 0 Å². The summed E-state index contributed by atoms with van der Waals surface area (Å²) in [7, 11) is 1.84. The molecule has 0 unspecified atom stereocenters. The van der Waals surface area contributed by atoms with E-state index in [2.05, 4.69) is 11.8 Å². The van der Waals surface area contributed by atoms with Gasteiger partial charge >= 0.3 is 0 Å². The molecule has 3 nitrogen and oxygen atoms in total. The van der Waals surface area contributed by atoms with Crippen molar-refractivity contribution >= 4 is 5.69 Å². The molecule has 0 atom stereocenters. The molecule has 1 heterocycles. The second-order valence-electron chi connectivity index (χ2n) is 5.35. The van der Waals surface area contributed by atoms with Crippen molar-refractivity contribution in [1.29, 1.82) is 0 Å². The van der Waals surface area contributed by atoms with Crippen LogP contribution < -0.4 is 10.6 Å². The molecular formula is C15H23F2N3. The van der Waals surface area contributed by atoms with Gasteiger partial charge in [-0.15, -0.1) is 0 Å². The largest absolute Gasteiger partial charge is 0.369 e. The third-order valence-electron chi connectivity index (χ3n) is 4.29. The monoisotopic (exact) mass is 283 g/mol. The predicted octanol–water partition coefficient (Wildman–Crippen LogP) is 2.34. The average molecular weight is 283 g/mol. The summed E-state index contributed by atoms with van der Waals surface area (Å²) in [5, 5.41) is 0. The first-order valence-electron chi connectivity index (χ1n) is 7.20. The molecule has 2 rings (SSSR count). The number of halogens is 2. The van der Waals surface area contributed by atoms with Gasteiger partial charge in [-0.25, -0.2) is 8.78 Å². The van der Waals surface area contributed by atoms with E-state index < -0.39 is 11.6 Å². The van der Waals surface area contributed by atoms with Crippen LogP contribution in [0.25, 0.3) is 0 Å². The van der Waals surface area contributed by atoms with Crippen molar-refractivity contribution in [3.05, 3.63) is 29.3 Å². The van der Waals surface area contributed by atoms with Crippen LogP contribution in [0, 0.1) is 11.6 Å². The molecule has 0 amide bonds. The maximum Gasteiger partial charge on any atom is 0.182 e. The molecule has 0 spiro atoms. The van der Waals surface area contributed by atoms with Gasteiger partial charge in [-0.3, -0.25) is 0 Å². The van der Waals surface area contributed by atoms with E-state index in [0.29, 0.717) is 5.69 Å². The molecule has 0 radical (unpaired) electrons. The van der Waals surface area contributed by atoms with E-state index >= 15 is 0 Å². The second kappa shape index (κ2) is 6.50. The zero-order valence-electron chi connectivity index (χ0n) is 12.2. The average Bonchev–Trinajstić information content (AvgIpc) is 2.49. The van der Waals surface area contributed by atoms with E-state index in [1.165, 1.54) is 0 Å². The van der Waals surface area contributed by atoms with Gasteiger partial charge in [-0.05, 0) is 25.5 Å². The van der Waals surface area contributed by atoms with Crippen LogP contribution in [0.2, 0.25) is 0 Å². The highest BCUT2D eigenvalue weighted by molar-refractivity contribution is 5.50. The van der Waals surface area contributed by atoms with Crippen LogP contribution in [0.15, 0.2) is 12.1 Å². The maximum atomic E-state index is 14.1. The van der Waals surface area contributed by atoms with Gasteiger partial charge in [0.25, 0.3) is 0 Å². The number of anilines is 1. The number of rotatable bonds is 4. The van der Waals surface area contributed by atoms with E-state index in [1.54, 1.807) is 12.1 Å². The van der Waals surface area contributed by atoms with E-state index in [-0.39, 0.29) is 18.2 Å². The molecule has 1 saturated heterocycles. The first-order chi connectivity index (χ1) is 9.58. The topological polar surface area (TPSA) is 32.5 Å². The Hall–Kier alpha value is -1.20. The van der Waals surface area contributed by atoms with Gasteiger partial charge in [0.15, 0.2) is 11.6 Å². The Morgan fingerprint density at radius 2 is 1.90 bits per heavy atom. The van der Waals surface area contributed by atoms with Crippen LogP contribution >= 0.6 is 0 Å². The first kappa shape index (κ1) is 15.2. The summed E-state index contributed by atoms with van der Waals surface area (Å²) >= 11 is 0. The molecule has 0 bridgehead atoms. The van der Waals surface area contributed by atoms with Gasteiger partial charge in [-0.2, -0.15) is 0 Å². The van der Waals surface area contributed by atoms with Crippen LogP contribution in [0.3, 0.4) is 0 Å². The highest BCUT2D eigenvalue weighted by Gasteiger charge is 2.24. The summed E-state index contributed by atoms with van der Waals surface area (Å²) in [5.41, 5.74) is 5.94. The Morgan fingerprint density at radius 3 is 2.45 bits per heavy atom. The lowest BCUT2D eigenvalue weighted by Gasteiger charge is -2.37. The van der Waals surface area contributed by atoms with Crippen molar-refractivity contribution < 1.29 is 8.78 Å². The summed E-state index contributed by atoms with van der Waals surface area (Å²) in [6.07, 6.45) is 1.95. The van der Waals surface area contributed by atoms with Gasteiger partial charge in [0.1, 0.15) is 0 Å². The Kier molecular flexibility index (Phi) is 4.94. The van der Waals surface area contributed by atoms with Crippen LogP contribution in [0.4, 0.5) is 14.5 Å². The van der Waals surface area contributed by atoms with Crippen LogP contribution in [-0.4, -0.2) is 37.6 Å². The number of likely N-dealkylation sites (tertiary alicyclic amines) is 1. The lowest BCUT2D eigenvalue weighted by Crippen LogP contribution is -2.43. The Morgan fingerprint density at radius 1 is 1.25 bits per heavy atom. The summed E-state index contributed by atoms with van der Waals surface area (Å²) in [5.74, 6) is -1.60. The molecule has 0 aromatic heterocycles. The molecule has 1 aliphatic heterocycles. The van der Waals surface area contributed by atoms with Gasteiger partial charge in [0.05, 0.1) is 5.69 Å². The maximum absolute atomic E-state index is 14.1. The third-order valence-corrected chi connectivity index (χ3v) is 4.29. The molecule has 5 heteroatoms. The van der Waals surface area contributed by atoms with Crippen molar-refractivity contribution in [3.8, 4) is 0 Å². The fourth-order valence-corrected chi connectivity index (χ4v) is 2.83. The summed E-state index contributed by atoms with van der Waals surface area (Å²) in [6.45, 7) is 5.23. The van der Waals surface area contributed by atoms with Gasteiger partial charge < -0.3 is 15.5 Å². The second-order valence-corrected chi connectivity index (χ2v) is 5.35. The van der Waals surface area contributed by atoms with Crippen LogP contribution in [-0.2, 0) is 6.54 Å². The number of hydrogen-bond donors (Lipinski definition) is 1. The molecule has 20 heavy (non-hydrogen) atoms. The minimum atomic E-state index is -0.817. The van der Waals surface area contributed by atoms with Gasteiger partial charge in [0.2, 0.25) is 0 Å². The van der Waals surface area contributed by atoms with Crippen molar-refractivity contribution in [2.24, 2.45) is 5.73 Å². The highest BCUT2D eigenvalue weighted by atomic mass is 19.2. The van der Waals surface area contributed by atoms with Gasteiger partial charge in [-0.1, -0.05) is 13.0 Å². The third kappa shape index (κ3) is 2.94.